The summed E-state index contributed by atoms with van der Waals surface area (Å²) < 4.78 is 9.76. The molecule has 0 bridgehead atoms. The Hall–Kier alpha value is -1.70. The molecular formula is C14H21NO4. The predicted molar refractivity (Wildman–Crippen MR) is 70.3 cm³/mol. The Labute approximate surface area is 114 Å². The molecule has 0 atom stereocenters. The highest BCUT2D eigenvalue weighted by molar-refractivity contribution is 5.88. The molecule has 1 heterocycles. The van der Waals surface area contributed by atoms with Gasteiger partial charge in [0.05, 0.1) is 7.11 Å². The summed E-state index contributed by atoms with van der Waals surface area (Å²) in [4.78, 5) is 24.4. The zero-order chi connectivity index (χ0) is 14.5. The molecule has 0 aromatic carbocycles. The maximum atomic E-state index is 11.8. The van der Waals surface area contributed by atoms with Gasteiger partial charge >= 0.3 is 12.1 Å². The van der Waals surface area contributed by atoms with Gasteiger partial charge in [-0.25, -0.2) is 9.59 Å². The van der Waals surface area contributed by atoms with Crippen LogP contribution in [0.15, 0.2) is 0 Å². The standard InChI is InChI=1S/C14H21NO4/c1-14(2,3)19-13(17)15-9-7-11(8-10-15)5-6-12(16)18-4/h11H,7-10H2,1-4H3. The lowest BCUT2D eigenvalue weighted by Gasteiger charge is -2.31. The Morgan fingerprint density at radius 1 is 1.21 bits per heavy atom. The number of amides is 1. The molecule has 1 aliphatic heterocycles. The van der Waals surface area contributed by atoms with Crippen molar-refractivity contribution in [3.63, 3.8) is 0 Å². The molecule has 0 aromatic rings. The zero-order valence-corrected chi connectivity index (χ0v) is 12.0. The first kappa shape index (κ1) is 15.4. The van der Waals surface area contributed by atoms with Crippen molar-refractivity contribution < 1.29 is 19.1 Å². The highest BCUT2D eigenvalue weighted by atomic mass is 16.6. The lowest BCUT2D eigenvalue weighted by atomic mass is 9.98. The van der Waals surface area contributed by atoms with Gasteiger partial charge in [0.2, 0.25) is 0 Å². The second-order valence-corrected chi connectivity index (χ2v) is 5.50. The molecule has 0 unspecified atom stereocenters. The highest BCUT2D eigenvalue weighted by Crippen LogP contribution is 2.18. The minimum absolute atomic E-state index is 0.137. The zero-order valence-electron chi connectivity index (χ0n) is 12.0. The van der Waals surface area contributed by atoms with Crippen LogP contribution in [0.2, 0.25) is 0 Å². The van der Waals surface area contributed by atoms with Crippen molar-refractivity contribution in [2.45, 2.75) is 39.2 Å². The molecule has 0 radical (unpaired) electrons. The van der Waals surface area contributed by atoms with Crippen LogP contribution < -0.4 is 0 Å². The van der Waals surface area contributed by atoms with Crippen LogP contribution in [0.4, 0.5) is 4.79 Å². The Morgan fingerprint density at radius 3 is 2.26 bits per heavy atom. The van der Waals surface area contributed by atoms with Crippen molar-refractivity contribution in [1.29, 1.82) is 0 Å². The normalized spacial score (nSPS) is 16.3. The number of likely N-dealkylation sites (tertiary alicyclic amines) is 1. The number of rotatable bonds is 0. The topological polar surface area (TPSA) is 55.8 Å². The van der Waals surface area contributed by atoms with Gasteiger partial charge < -0.3 is 14.4 Å². The fourth-order valence-corrected chi connectivity index (χ4v) is 1.74. The molecular weight excluding hydrogens is 246 g/mol. The van der Waals surface area contributed by atoms with E-state index in [-0.39, 0.29) is 12.0 Å². The summed E-state index contributed by atoms with van der Waals surface area (Å²) in [6, 6.07) is 0. The lowest BCUT2D eigenvalue weighted by Crippen LogP contribution is -2.41. The number of nitrogens with zero attached hydrogens (tertiary/aromatic N) is 1. The largest absolute Gasteiger partial charge is 0.459 e. The van der Waals surface area contributed by atoms with Crippen molar-refractivity contribution in [2.75, 3.05) is 20.2 Å². The summed E-state index contributed by atoms with van der Waals surface area (Å²) in [6.45, 7) is 6.75. The van der Waals surface area contributed by atoms with Crippen molar-refractivity contribution >= 4 is 12.1 Å². The van der Waals surface area contributed by atoms with Crippen molar-refractivity contribution in [1.82, 2.24) is 4.90 Å². The first-order chi connectivity index (χ1) is 8.81. The fourth-order valence-electron chi connectivity index (χ4n) is 1.74. The second kappa shape index (κ2) is 6.46. The van der Waals surface area contributed by atoms with E-state index in [9.17, 15) is 9.59 Å². The number of methoxy groups -OCH3 is 1. The first-order valence-electron chi connectivity index (χ1n) is 6.39. The van der Waals surface area contributed by atoms with Crippen molar-refractivity contribution in [3.05, 3.63) is 0 Å². The van der Waals surface area contributed by atoms with E-state index >= 15 is 0 Å². The van der Waals surface area contributed by atoms with Gasteiger partial charge in [0.1, 0.15) is 5.60 Å². The average Bonchev–Trinajstić information content (AvgIpc) is 2.34. The van der Waals surface area contributed by atoms with E-state index in [1.165, 1.54) is 7.11 Å². The molecule has 106 valence electrons. The van der Waals surface area contributed by atoms with E-state index in [0.717, 1.165) is 12.8 Å². The quantitative estimate of drug-likeness (QED) is 0.381. The molecule has 0 saturated carbocycles. The van der Waals surface area contributed by atoms with E-state index in [0.29, 0.717) is 13.1 Å². The molecule has 0 spiro atoms. The number of esters is 1. The van der Waals surface area contributed by atoms with Crippen LogP contribution in [0.5, 0.6) is 0 Å². The molecule has 0 aromatic heterocycles. The molecule has 5 heteroatoms. The van der Waals surface area contributed by atoms with Gasteiger partial charge in [-0.15, -0.1) is 0 Å². The fraction of sp³-hybridized carbons (Fsp3) is 0.714. The van der Waals surface area contributed by atoms with Crippen LogP contribution >= 0.6 is 0 Å². The number of hydrogen-bond acceptors (Lipinski definition) is 4. The summed E-state index contributed by atoms with van der Waals surface area (Å²) in [7, 11) is 1.31. The van der Waals surface area contributed by atoms with Crippen LogP contribution in [-0.4, -0.2) is 42.8 Å². The van der Waals surface area contributed by atoms with Crippen LogP contribution in [0.3, 0.4) is 0 Å². The lowest BCUT2D eigenvalue weighted by molar-refractivity contribution is -0.133. The van der Waals surface area contributed by atoms with E-state index in [4.69, 9.17) is 4.74 Å². The first-order valence-corrected chi connectivity index (χ1v) is 6.39. The molecule has 1 fully saturated rings. The Bertz CT molecular complexity index is 392. The third-order valence-corrected chi connectivity index (χ3v) is 2.71. The average molecular weight is 267 g/mol. The number of carbonyl (C=O) groups excluding carboxylic acids is 2. The number of carbonyl (C=O) groups is 2. The number of hydrogen-bond donors (Lipinski definition) is 0. The van der Waals surface area contributed by atoms with E-state index in [1.807, 2.05) is 20.8 Å². The molecule has 1 amide bonds. The Morgan fingerprint density at radius 2 is 1.79 bits per heavy atom. The minimum atomic E-state index is -0.519. The molecule has 1 aliphatic rings. The minimum Gasteiger partial charge on any atom is -0.459 e. The molecule has 1 saturated heterocycles. The van der Waals surface area contributed by atoms with E-state index in [1.54, 1.807) is 4.90 Å². The predicted octanol–water partition coefficient (Wildman–Crippen LogP) is 1.81. The summed E-state index contributed by atoms with van der Waals surface area (Å²) in [5, 5.41) is 0. The molecule has 0 N–H and O–H groups in total. The third-order valence-electron chi connectivity index (χ3n) is 2.71. The van der Waals surface area contributed by atoms with Gasteiger partial charge in [-0.05, 0) is 33.6 Å². The maximum Gasteiger partial charge on any atom is 0.410 e. The second-order valence-electron chi connectivity index (χ2n) is 5.50. The Kier molecular flexibility index (Phi) is 5.22. The Balaban J connectivity index is 2.42. The van der Waals surface area contributed by atoms with Gasteiger partial charge in [-0.1, -0.05) is 5.92 Å². The van der Waals surface area contributed by atoms with Gasteiger partial charge in [0, 0.05) is 24.9 Å². The van der Waals surface area contributed by atoms with E-state index in [2.05, 4.69) is 16.6 Å². The summed E-state index contributed by atoms with van der Waals surface area (Å²) >= 11 is 0. The smallest absolute Gasteiger partial charge is 0.410 e. The van der Waals surface area contributed by atoms with Crippen LogP contribution in [0, 0.1) is 17.8 Å². The molecule has 0 aliphatic carbocycles. The summed E-state index contributed by atoms with van der Waals surface area (Å²) in [5.74, 6) is 4.93. The van der Waals surface area contributed by atoms with Crippen molar-refractivity contribution in [3.8, 4) is 11.8 Å². The van der Waals surface area contributed by atoms with Gasteiger partial charge in [0.25, 0.3) is 0 Å². The summed E-state index contributed by atoms with van der Waals surface area (Å²) in [5.41, 5.74) is -0.474. The van der Waals surface area contributed by atoms with Crippen LogP contribution in [0.25, 0.3) is 0 Å². The molecule has 1 rings (SSSR count). The van der Waals surface area contributed by atoms with Crippen LogP contribution in [-0.2, 0) is 14.3 Å². The molecule has 19 heavy (non-hydrogen) atoms. The third kappa shape index (κ3) is 5.64. The van der Waals surface area contributed by atoms with E-state index < -0.39 is 11.6 Å². The SMILES string of the molecule is COC(=O)C#CC1CCN(C(=O)OC(C)(C)C)CC1. The monoisotopic (exact) mass is 267 g/mol. The number of piperidine rings is 1. The van der Waals surface area contributed by atoms with Crippen LogP contribution in [0.1, 0.15) is 33.6 Å². The summed E-state index contributed by atoms with van der Waals surface area (Å²) in [6.07, 6.45) is 1.22. The molecule has 5 nitrogen and oxygen atoms in total. The number of ether oxygens (including phenoxy) is 2. The maximum absolute atomic E-state index is 11.8. The highest BCUT2D eigenvalue weighted by Gasteiger charge is 2.26. The van der Waals surface area contributed by atoms with Gasteiger partial charge in [0.15, 0.2) is 0 Å². The van der Waals surface area contributed by atoms with Gasteiger partial charge in [-0.2, -0.15) is 0 Å². The van der Waals surface area contributed by atoms with Crippen molar-refractivity contribution in [2.24, 2.45) is 5.92 Å². The van der Waals surface area contributed by atoms with Gasteiger partial charge in [-0.3, -0.25) is 0 Å².